The van der Waals surface area contributed by atoms with Crippen molar-refractivity contribution in [1.29, 1.82) is 0 Å². The van der Waals surface area contributed by atoms with Gasteiger partial charge in [-0.3, -0.25) is 9.69 Å². The van der Waals surface area contributed by atoms with Crippen molar-refractivity contribution in [2.24, 2.45) is 22.9 Å². The molecule has 1 saturated carbocycles. The van der Waals surface area contributed by atoms with Crippen LogP contribution in [0, 0.1) is 17.8 Å². The minimum Gasteiger partial charge on any atom is -0.496 e. The molecule has 4 aromatic carbocycles. The Morgan fingerprint density at radius 1 is 1.00 bits per heavy atom. The van der Waals surface area contributed by atoms with Crippen molar-refractivity contribution in [3.63, 3.8) is 0 Å². The highest BCUT2D eigenvalue weighted by Crippen LogP contribution is 2.62. The Morgan fingerprint density at radius 2 is 1.77 bits per heavy atom. The Kier molecular flexibility index (Phi) is 16.0. The van der Waals surface area contributed by atoms with E-state index in [2.05, 4.69) is 12.7 Å². The molecule has 0 spiro atoms. The minimum absolute atomic E-state index is 0.00574. The number of aliphatic hydroxyl groups excluding tert-OH is 2. The van der Waals surface area contributed by atoms with Gasteiger partial charge in [0.05, 0.1) is 43.3 Å². The van der Waals surface area contributed by atoms with Crippen molar-refractivity contribution >= 4 is 40.5 Å². The number of carbonyl (C=O) groups excluding carboxylic acids is 2. The Morgan fingerprint density at radius 3 is 2.52 bits per heavy atom. The molecule has 1 aliphatic heterocycles. The fourth-order valence-corrected chi connectivity index (χ4v) is 10.1. The van der Waals surface area contributed by atoms with Crippen molar-refractivity contribution in [2.45, 2.75) is 76.2 Å². The first kappa shape index (κ1) is 46.6. The molecule has 12 nitrogen and oxygen atoms in total. The van der Waals surface area contributed by atoms with Gasteiger partial charge in [0.1, 0.15) is 42.3 Å². The largest absolute Gasteiger partial charge is 0.496 e. The second-order valence-electron chi connectivity index (χ2n) is 16.4. The molecule has 3 aliphatic rings. The number of benzene rings is 4. The van der Waals surface area contributed by atoms with E-state index in [4.69, 9.17) is 45.3 Å². The average Bonchev–Trinajstić information content (AvgIpc) is 3.32. The van der Waals surface area contributed by atoms with Crippen LogP contribution in [0.25, 0.3) is 10.8 Å². The number of nitrogens with zero attached hydrogens (tertiary/aromatic N) is 2. The van der Waals surface area contributed by atoms with Crippen LogP contribution in [0.15, 0.2) is 108 Å². The molecule has 64 heavy (non-hydrogen) atoms. The maximum atomic E-state index is 14.7. The first-order valence-electron chi connectivity index (χ1n) is 22.3. The lowest BCUT2D eigenvalue weighted by atomic mass is 9.55. The summed E-state index contributed by atoms with van der Waals surface area (Å²) in [6, 6.07) is 24.1. The Bertz CT molecular complexity index is 2310. The predicted molar refractivity (Wildman–Crippen MR) is 247 cm³/mol. The average molecular weight is 895 g/mol. The number of allylic oxidation sites excluding steroid dienone is 1. The first-order valence-corrected chi connectivity index (χ1v) is 22.8. The number of fused-ring (bicyclic) bond motifs is 3. The molecule has 1 heterocycles. The standard InChI is InChI=1S/C51H59ClN2O10/c1-4-26-61-51-47(54(50(58)60-27-23-52)32-36-16-12-15-34-13-6-7-17-40(34)36)31-44(53-62-5-2)42-29-35(14-8-10-24-55)41(18-9-11-25-56)48(49(42)51)43-30-39(20-22-46(43)64-51)63-38-19-21-45(59-3)37(28-38)33-57/h4,6-7,12-13,15-17,19-22,28-30,33,35,41,47-49,55-56H,1,5,8-11,14,18,23-27,31-32H2,2-3H3. The van der Waals surface area contributed by atoms with Gasteiger partial charge in [-0.1, -0.05) is 72.6 Å². The third-order valence-corrected chi connectivity index (χ3v) is 12.8. The van der Waals surface area contributed by atoms with Crippen LogP contribution >= 0.6 is 11.6 Å². The maximum Gasteiger partial charge on any atom is 0.410 e. The van der Waals surface area contributed by atoms with Crippen molar-refractivity contribution in [3.05, 3.63) is 120 Å². The van der Waals surface area contributed by atoms with Crippen molar-refractivity contribution in [1.82, 2.24) is 4.90 Å². The summed E-state index contributed by atoms with van der Waals surface area (Å²) in [6.45, 7) is 6.65. The van der Waals surface area contributed by atoms with Crippen LogP contribution in [0.4, 0.5) is 4.79 Å². The highest BCUT2D eigenvalue weighted by molar-refractivity contribution is 6.18. The Hall–Kier alpha value is -5.40. The number of aliphatic hydroxyl groups is 2. The number of methoxy groups -OCH3 is 1. The summed E-state index contributed by atoms with van der Waals surface area (Å²) in [5.41, 5.74) is 3.73. The molecule has 1 amide bonds. The number of oxime groups is 1. The van der Waals surface area contributed by atoms with Crippen molar-refractivity contribution < 1.29 is 48.3 Å². The van der Waals surface area contributed by atoms with Gasteiger partial charge in [-0.2, -0.15) is 0 Å². The zero-order valence-corrected chi connectivity index (χ0v) is 37.4. The highest BCUT2D eigenvalue weighted by atomic mass is 35.5. The molecular weight excluding hydrogens is 836 g/mol. The van der Waals surface area contributed by atoms with Gasteiger partial charge in [-0.05, 0) is 103 Å². The summed E-state index contributed by atoms with van der Waals surface area (Å²) in [4.78, 5) is 34.3. The van der Waals surface area contributed by atoms with E-state index >= 15 is 0 Å². The number of carbonyl (C=O) groups is 2. The third kappa shape index (κ3) is 9.80. The van der Waals surface area contributed by atoms with E-state index in [1.807, 2.05) is 67.6 Å². The number of aldehydes is 1. The van der Waals surface area contributed by atoms with Crippen LogP contribution in [-0.4, -0.2) is 91.1 Å². The topological polar surface area (TPSA) is 146 Å². The molecule has 6 atom stereocenters. The summed E-state index contributed by atoms with van der Waals surface area (Å²) in [5.74, 6) is -0.199. The molecule has 340 valence electrons. The fourth-order valence-electron chi connectivity index (χ4n) is 9.98. The van der Waals surface area contributed by atoms with Crippen molar-refractivity contribution in [2.75, 3.05) is 46.0 Å². The number of amides is 1. The lowest BCUT2D eigenvalue weighted by Gasteiger charge is -2.59. The van der Waals surface area contributed by atoms with E-state index in [1.165, 1.54) is 7.11 Å². The molecule has 2 aliphatic carbocycles. The quantitative estimate of drug-likeness (QED) is 0.0257. The summed E-state index contributed by atoms with van der Waals surface area (Å²) in [6.07, 6.45) is 8.75. The fraction of sp³-hybridized carbons (Fsp3) is 0.431. The zero-order valence-electron chi connectivity index (χ0n) is 36.7. The summed E-state index contributed by atoms with van der Waals surface area (Å²) in [7, 11) is 1.51. The molecule has 6 unspecified atom stereocenters. The smallest absolute Gasteiger partial charge is 0.410 e. The summed E-state index contributed by atoms with van der Waals surface area (Å²) < 4.78 is 32.3. The number of ether oxygens (including phenoxy) is 5. The molecule has 2 N–H and O–H groups in total. The molecule has 1 fully saturated rings. The molecular formula is C51H59ClN2O10. The monoisotopic (exact) mass is 894 g/mol. The second kappa shape index (κ2) is 22.0. The summed E-state index contributed by atoms with van der Waals surface area (Å²) in [5, 5.41) is 26.8. The van der Waals surface area contributed by atoms with Gasteiger partial charge < -0.3 is 38.7 Å². The SMILES string of the molecule is C=CCOC12Oc3ccc(Oc4ccc(OC)c(C=O)c4)cc3C3C(CCCCO)C(CCCCO)C=C(C(=NOCC)CC1N(Cc1cccc4ccccc14)C(=O)OCCCl)C32. The minimum atomic E-state index is -1.50. The van der Waals surface area contributed by atoms with Crippen molar-refractivity contribution in [3.8, 4) is 23.0 Å². The summed E-state index contributed by atoms with van der Waals surface area (Å²) >= 11 is 6.14. The number of halogens is 1. The first-order chi connectivity index (χ1) is 31.3. The van der Waals surface area contributed by atoms with Crippen LogP contribution in [0.2, 0.25) is 0 Å². The van der Waals surface area contributed by atoms with E-state index in [0.717, 1.165) is 59.4 Å². The molecule has 0 saturated heterocycles. The van der Waals surface area contributed by atoms with Crippen LogP contribution in [0.5, 0.6) is 23.0 Å². The van der Waals surface area contributed by atoms with Gasteiger partial charge >= 0.3 is 6.09 Å². The van der Waals surface area contributed by atoms with E-state index in [9.17, 15) is 19.8 Å². The van der Waals surface area contributed by atoms with Gasteiger partial charge in [0, 0.05) is 31.1 Å². The molecule has 0 bridgehead atoms. The van der Waals surface area contributed by atoms with E-state index in [1.54, 1.807) is 29.2 Å². The predicted octanol–water partition coefficient (Wildman–Crippen LogP) is 9.98. The molecule has 7 rings (SSSR count). The van der Waals surface area contributed by atoms with Crippen LogP contribution < -0.4 is 14.2 Å². The third-order valence-electron chi connectivity index (χ3n) is 12.6. The van der Waals surface area contributed by atoms with E-state index in [-0.39, 0.29) is 63.0 Å². The van der Waals surface area contributed by atoms with E-state index in [0.29, 0.717) is 53.7 Å². The second-order valence-corrected chi connectivity index (χ2v) is 16.8. The van der Waals surface area contributed by atoms with Crippen LogP contribution in [-0.2, 0) is 20.9 Å². The number of hydrogen-bond acceptors (Lipinski definition) is 11. The lowest BCUT2D eigenvalue weighted by Crippen LogP contribution is -2.70. The number of alkyl halides is 1. The highest BCUT2D eigenvalue weighted by Gasteiger charge is 2.65. The van der Waals surface area contributed by atoms with Gasteiger partial charge in [0.25, 0.3) is 0 Å². The van der Waals surface area contributed by atoms with Gasteiger partial charge in [-0.15, -0.1) is 18.2 Å². The number of unbranched alkanes of at least 4 members (excludes halogenated alkanes) is 2. The lowest BCUT2D eigenvalue weighted by molar-refractivity contribution is -0.256. The van der Waals surface area contributed by atoms with Crippen LogP contribution in [0.3, 0.4) is 0 Å². The molecule has 0 radical (unpaired) electrons. The Labute approximate surface area is 380 Å². The normalized spacial score (nSPS) is 22.7. The zero-order chi connectivity index (χ0) is 45.1. The van der Waals surface area contributed by atoms with E-state index < -0.39 is 23.8 Å². The van der Waals surface area contributed by atoms with Gasteiger partial charge in [-0.25, -0.2) is 4.79 Å². The van der Waals surface area contributed by atoms with Crippen LogP contribution in [0.1, 0.15) is 79.3 Å². The molecule has 4 aromatic rings. The molecule has 0 aromatic heterocycles. The molecule has 13 heteroatoms. The number of rotatable bonds is 22. The number of hydrogen-bond donors (Lipinski definition) is 2. The van der Waals surface area contributed by atoms with Gasteiger partial charge in [0.15, 0.2) is 6.29 Å². The van der Waals surface area contributed by atoms with Gasteiger partial charge in [0.2, 0.25) is 5.79 Å². The Balaban J connectivity index is 1.46. The maximum absolute atomic E-state index is 14.7.